The van der Waals surface area contributed by atoms with Gasteiger partial charge in [0.15, 0.2) is 17.3 Å². The molecule has 8 nitrogen and oxygen atoms in total. The fourth-order valence-electron chi connectivity index (χ4n) is 3.66. The predicted molar refractivity (Wildman–Crippen MR) is 121 cm³/mol. The lowest BCUT2D eigenvalue weighted by atomic mass is 10.0. The molecule has 2 aromatic heterocycles. The molecule has 2 aromatic carbocycles. The molecule has 8 heteroatoms. The quantitative estimate of drug-likeness (QED) is 0.339. The number of furan rings is 1. The lowest BCUT2D eigenvalue weighted by molar-refractivity contribution is 0.0577. The molecule has 0 aliphatic heterocycles. The number of carbonyl (C=O) groups is 1. The number of aromatic nitrogens is 2. The summed E-state index contributed by atoms with van der Waals surface area (Å²) < 4.78 is 27.7. The Balaban J connectivity index is 1.59. The van der Waals surface area contributed by atoms with E-state index in [0.29, 0.717) is 34.6 Å². The van der Waals surface area contributed by atoms with Crippen molar-refractivity contribution in [3.63, 3.8) is 0 Å². The average Bonchev–Trinajstić information content (AvgIpc) is 3.49. The first kappa shape index (κ1) is 22.3. The molecule has 4 rings (SSSR count). The maximum absolute atomic E-state index is 13.2. The van der Waals surface area contributed by atoms with E-state index in [-0.39, 0.29) is 11.5 Å². The van der Waals surface area contributed by atoms with E-state index in [9.17, 15) is 4.79 Å². The van der Waals surface area contributed by atoms with Gasteiger partial charge in [-0.1, -0.05) is 12.1 Å². The van der Waals surface area contributed by atoms with Gasteiger partial charge in [0.25, 0.3) is 0 Å². The minimum atomic E-state index is -0.824. The van der Waals surface area contributed by atoms with E-state index in [1.54, 1.807) is 45.4 Å². The number of methoxy groups -OCH3 is 3. The van der Waals surface area contributed by atoms with Gasteiger partial charge in [0.1, 0.15) is 11.9 Å². The largest absolute Gasteiger partial charge is 0.493 e. The second kappa shape index (κ2) is 9.30. The Hall–Kier alpha value is -3.91. The molecule has 0 saturated heterocycles. The molecule has 1 atom stereocenters. The Labute approximate surface area is 191 Å². The SMILES string of the molecule is COc1cc(-c2ccc(C(=O)C(OC)c3ccc(-c4nnc(C)o4)cc3)o2)cc(C)c1OC. The van der Waals surface area contributed by atoms with Crippen LogP contribution in [0.5, 0.6) is 11.5 Å². The van der Waals surface area contributed by atoms with Crippen molar-refractivity contribution in [3.8, 4) is 34.3 Å². The maximum atomic E-state index is 13.2. The van der Waals surface area contributed by atoms with E-state index in [2.05, 4.69) is 10.2 Å². The fraction of sp³-hybridized carbons (Fsp3) is 0.240. The molecule has 1 unspecified atom stereocenters. The molecule has 0 aliphatic carbocycles. The Morgan fingerprint density at radius 1 is 0.879 bits per heavy atom. The van der Waals surface area contributed by atoms with Gasteiger partial charge in [-0.2, -0.15) is 0 Å². The van der Waals surface area contributed by atoms with E-state index in [4.69, 9.17) is 23.0 Å². The van der Waals surface area contributed by atoms with Crippen molar-refractivity contribution in [2.24, 2.45) is 0 Å². The second-order valence-corrected chi connectivity index (χ2v) is 7.42. The molecule has 33 heavy (non-hydrogen) atoms. The first-order valence-electron chi connectivity index (χ1n) is 10.3. The van der Waals surface area contributed by atoms with Gasteiger partial charge < -0.3 is 23.0 Å². The molecule has 0 N–H and O–H groups in total. The van der Waals surface area contributed by atoms with Crippen LogP contribution in [0, 0.1) is 13.8 Å². The number of carbonyl (C=O) groups excluding carboxylic acids is 1. The first-order valence-corrected chi connectivity index (χ1v) is 10.3. The van der Waals surface area contributed by atoms with Gasteiger partial charge >= 0.3 is 0 Å². The number of ketones is 1. The smallest absolute Gasteiger partial charge is 0.247 e. The summed E-state index contributed by atoms with van der Waals surface area (Å²) in [4.78, 5) is 13.2. The highest BCUT2D eigenvalue weighted by Crippen LogP contribution is 2.37. The molecule has 0 bridgehead atoms. The number of rotatable bonds is 8. The number of Topliss-reactive ketones (excluding diaryl/α,β-unsaturated/α-hetero) is 1. The fourth-order valence-corrected chi connectivity index (χ4v) is 3.66. The van der Waals surface area contributed by atoms with Crippen LogP contribution in [0.2, 0.25) is 0 Å². The molecule has 0 radical (unpaired) electrons. The average molecular weight is 448 g/mol. The van der Waals surface area contributed by atoms with Gasteiger partial charge in [-0.25, -0.2) is 0 Å². The van der Waals surface area contributed by atoms with Crippen LogP contribution in [0.4, 0.5) is 0 Å². The van der Waals surface area contributed by atoms with Gasteiger partial charge in [-0.05, 0) is 54.4 Å². The van der Waals surface area contributed by atoms with Crippen molar-refractivity contribution >= 4 is 5.78 Å². The lowest BCUT2D eigenvalue weighted by Gasteiger charge is -2.14. The number of benzene rings is 2. The third kappa shape index (κ3) is 4.38. The summed E-state index contributed by atoms with van der Waals surface area (Å²) in [7, 11) is 4.65. The van der Waals surface area contributed by atoms with Crippen molar-refractivity contribution in [2.45, 2.75) is 20.0 Å². The summed E-state index contributed by atoms with van der Waals surface area (Å²) in [5, 5.41) is 7.84. The molecule has 0 aliphatic rings. The van der Waals surface area contributed by atoms with Crippen LogP contribution >= 0.6 is 0 Å². The zero-order chi connectivity index (χ0) is 23.5. The summed E-state index contributed by atoms with van der Waals surface area (Å²) in [6, 6.07) is 14.3. The third-order valence-corrected chi connectivity index (χ3v) is 5.26. The Kier molecular flexibility index (Phi) is 6.28. The van der Waals surface area contributed by atoms with Crippen LogP contribution in [0.25, 0.3) is 22.8 Å². The van der Waals surface area contributed by atoms with Gasteiger partial charge in [0, 0.05) is 25.2 Å². The third-order valence-electron chi connectivity index (χ3n) is 5.26. The minimum absolute atomic E-state index is 0.195. The van der Waals surface area contributed by atoms with Crippen LogP contribution in [0.1, 0.15) is 33.7 Å². The van der Waals surface area contributed by atoms with Crippen molar-refractivity contribution in [3.05, 3.63) is 71.3 Å². The van der Waals surface area contributed by atoms with Gasteiger partial charge in [-0.3, -0.25) is 4.79 Å². The van der Waals surface area contributed by atoms with E-state index < -0.39 is 6.10 Å². The molecule has 0 fully saturated rings. The van der Waals surface area contributed by atoms with Crippen LogP contribution in [0.15, 0.2) is 57.4 Å². The predicted octanol–water partition coefficient (Wildman–Crippen LogP) is 5.20. The second-order valence-electron chi connectivity index (χ2n) is 7.42. The van der Waals surface area contributed by atoms with Gasteiger partial charge in [0.2, 0.25) is 17.6 Å². The van der Waals surface area contributed by atoms with E-state index >= 15 is 0 Å². The number of hydrogen-bond acceptors (Lipinski definition) is 8. The topological polar surface area (TPSA) is 96.8 Å². The molecular formula is C25H24N2O6. The van der Waals surface area contributed by atoms with Crippen LogP contribution < -0.4 is 9.47 Å². The van der Waals surface area contributed by atoms with Crippen molar-refractivity contribution < 1.29 is 27.8 Å². The first-order chi connectivity index (χ1) is 15.9. The Bertz CT molecular complexity index is 1270. The summed E-state index contributed by atoms with van der Waals surface area (Å²) >= 11 is 0. The van der Waals surface area contributed by atoms with Gasteiger partial charge in [-0.15, -0.1) is 10.2 Å². The highest BCUT2D eigenvalue weighted by atomic mass is 16.5. The number of ether oxygens (including phenoxy) is 3. The molecule has 0 saturated carbocycles. The molecule has 4 aromatic rings. The monoisotopic (exact) mass is 448 g/mol. The minimum Gasteiger partial charge on any atom is -0.493 e. The number of nitrogens with zero attached hydrogens (tertiary/aromatic N) is 2. The van der Waals surface area contributed by atoms with E-state index in [0.717, 1.165) is 16.7 Å². The van der Waals surface area contributed by atoms with Crippen molar-refractivity contribution in [1.29, 1.82) is 0 Å². The Morgan fingerprint density at radius 3 is 2.24 bits per heavy atom. The Morgan fingerprint density at radius 2 is 1.64 bits per heavy atom. The molecule has 0 amide bonds. The lowest BCUT2D eigenvalue weighted by Crippen LogP contribution is -2.14. The van der Waals surface area contributed by atoms with Crippen LogP contribution in [-0.4, -0.2) is 37.3 Å². The highest BCUT2D eigenvalue weighted by Gasteiger charge is 2.25. The molecule has 0 spiro atoms. The van der Waals surface area contributed by atoms with Crippen LogP contribution in [0.3, 0.4) is 0 Å². The highest BCUT2D eigenvalue weighted by molar-refractivity contribution is 5.98. The summed E-state index contributed by atoms with van der Waals surface area (Å²) in [6.45, 7) is 3.64. The van der Waals surface area contributed by atoms with E-state index in [1.165, 1.54) is 7.11 Å². The molecule has 2 heterocycles. The summed E-state index contributed by atoms with van der Waals surface area (Å²) in [5.74, 6) is 2.59. The van der Waals surface area contributed by atoms with Crippen molar-refractivity contribution in [2.75, 3.05) is 21.3 Å². The van der Waals surface area contributed by atoms with Crippen molar-refractivity contribution in [1.82, 2.24) is 10.2 Å². The maximum Gasteiger partial charge on any atom is 0.247 e. The molecule has 170 valence electrons. The standard InChI is InChI=1S/C25H24N2O6/c1-14-12-18(13-21(29-3)23(14)30-4)19-10-11-20(33-19)22(28)24(31-5)16-6-8-17(9-7-16)25-27-26-15(2)32-25/h6-13,24H,1-5H3. The summed E-state index contributed by atoms with van der Waals surface area (Å²) in [5.41, 5.74) is 3.10. The van der Waals surface area contributed by atoms with E-state index in [1.807, 2.05) is 31.2 Å². The summed E-state index contributed by atoms with van der Waals surface area (Å²) in [6.07, 6.45) is -0.824. The van der Waals surface area contributed by atoms with Crippen LogP contribution in [-0.2, 0) is 4.74 Å². The number of aryl methyl sites for hydroxylation is 2. The van der Waals surface area contributed by atoms with Gasteiger partial charge in [0.05, 0.1) is 14.2 Å². The molecular weight excluding hydrogens is 424 g/mol. The normalized spacial score (nSPS) is 11.9. The zero-order valence-electron chi connectivity index (χ0n) is 19.0. The zero-order valence-corrected chi connectivity index (χ0v) is 19.0. The number of hydrogen-bond donors (Lipinski definition) is 0.